The van der Waals surface area contributed by atoms with Gasteiger partial charge in [-0.2, -0.15) is 0 Å². The number of nitrogens with one attached hydrogen (secondary N) is 1. The largest absolute Gasteiger partial charge is 0.497 e. The summed E-state index contributed by atoms with van der Waals surface area (Å²) in [6, 6.07) is 14.8. The maximum absolute atomic E-state index is 12.5. The van der Waals surface area contributed by atoms with Crippen LogP contribution in [0.1, 0.15) is 16.9 Å². The number of ether oxygens (including phenoxy) is 3. The number of rotatable bonds is 8. The summed E-state index contributed by atoms with van der Waals surface area (Å²) in [6.07, 6.45) is 2.23. The first kappa shape index (κ1) is 22.4. The van der Waals surface area contributed by atoms with Crippen LogP contribution in [0.4, 0.5) is 5.69 Å². The second-order valence-corrected chi connectivity index (χ2v) is 7.71. The lowest BCUT2D eigenvalue weighted by atomic mass is 10.00. The molecule has 1 aliphatic heterocycles. The van der Waals surface area contributed by atoms with E-state index in [1.807, 2.05) is 6.07 Å². The molecule has 1 aromatic heterocycles. The molecular formula is C25H26N2O6. The van der Waals surface area contributed by atoms with E-state index in [0.717, 1.165) is 19.5 Å². The van der Waals surface area contributed by atoms with E-state index in [1.54, 1.807) is 18.2 Å². The van der Waals surface area contributed by atoms with Crippen molar-refractivity contribution >= 4 is 11.6 Å². The van der Waals surface area contributed by atoms with Crippen molar-refractivity contribution in [2.24, 2.45) is 0 Å². The van der Waals surface area contributed by atoms with Gasteiger partial charge in [0.05, 0.1) is 26.5 Å². The highest BCUT2D eigenvalue weighted by atomic mass is 16.5. The molecule has 2 aromatic carbocycles. The number of fused-ring (bicyclic) bond motifs is 1. The Balaban J connectivity index is 1.33. The molecule has 1 amide bonds. The van der Waals surface area contributed by atoms with Crippen LogP contribution >= 0.6 is 0 Å². The Morgan fingerprint density at radius 2 is 1.88 bits per heavy atom. The molecule has 0 saturated heterocycles. The van der Waals surface area contributed by atoms with E-state index in [0.29, 0.717) is 29.5 Å². The molecular weight excluding hydrogens is 424 g/mol. The Morgan fingerprint density at radius 1 is 1.06 bits per heavy atom. The predicted octanol–water partition coefficient (Wildman–Crippen LogP) is 3.23. The average Bonchev–Trinajstić information content (AvgIpc) is 2.83. The van der Waals surface area contributed by atoms with Gasteiger partial charge in [0.25, 0.3) is 5.91 Å². The van der Waals surface area contributed by atoms with Crippen molar-refractivity contribution in [1.29, 1.82) is 0 Å². The fraction of sp³-hybridized carbons (Fsp3) is 0.280. The number of benzene rings is 2. The highest BCUT2D eigenvalue weighted by molar-refractivity contribution is 5.93. The van der Waals surface area contributed by atoms with Crippen LogP contribution in [0.5, 0.6) is 17.2 Å². The normalized spacial score (nSPS) is 13.2. The Labute approximate surface area is 191 Å². The topological polar surface area (TPSA) is 90.2 Å². The minimum atomic E-state index is -0.447. The summed E-state index contributed by atoms with van der Waals surface area (Å²) in [5.74, 6) is 1.14. The molecule has 33 heavy (non-hydrogen) atoms. The summed E-state index contributed by atoms with van der Waals surface area (Å²) in [5.41, 5.74) is 2.77. The number of amides is 1. The zero-order chi connectivity index (χ0) is 23.2. The second kappa shape index (κ2) is 10.2. The van der Waals surface area contributed by atoms with E-state index in [-0.39, 0.29) is 17.8 Å². The number of hydrogen-bond acceptors (Lipinski definition) is 7. The van der Waals surface area contributed by atoms with Gasteiger partial charge >= 0.3 is 0 Å². The Bertz CT molecular complexity index is 1190. The Morgan fingerprint density at radius 3 is 2.64 bits per heavy atom. The molecule has 4 rings (SSSR count). The van der Waals surface area contributed by atoms with Gasteiger partial charge in [0.1, 0.15) is 23.5 Å². The first-order valence-corrected chi connectivity index (χ1v) is 10.6. The average molecular weight is 450 g/mol. The lowest BCUT2D eigenvalue weighted by Gasteiger charge is -2.28. The molecule has 0 bridgehead atoms. The van der Waals surface area contributed by atoms with Crippen molar-refractivity contribution in [1.82, 2.24) is 4.90 Å². The molecule has 0 spiro atoms. The summed E-state index contributed by atoms with van der Waals surface area (Å²) in [7, 11) is 3.03. The van der Waals surface area contributed by atoms with Crippen LogP contribution in [0, 0.1) is 0 Å². The molecule has 8 heteroatoms. The number of carbonyl (C=O) groups excluding carboxylic acids is 1. The van der Waals surface area contributed by atoms with Crippen LogP contribution in [0.25, 0.3) is 0 Å². The third kappa shape index (κ3) is 5.53. The molecule has 0 saturated carbocycles. The molecule has 172 valence electrons. The van der Waals surface area contributed by atoms with Crippen LogP contribution in [0.3, 0.4) is 0 Å². The molecule has 8 nitrogen and oxygen atoms in total. The van der Waals surface area contributed by atoms with Crippen molar-refractivity contribution in [3.8, 4) is 17.2 Å². The van der Waals surface area contributed by atoms with Crippen LogP contribution in [0.2, 0.25) is 0 Å². The number of carbonyl (C=O) groups is 1. The third-order valence-electron chi connectivity index (χ3n) is 5.48. The van der Waals surface area contributed by atoms with Gasteiger partial charge in [0.15, 0.2) is 6.61 Å². The van der Waals surface area contributed by atoms with Gasteiger partial charge in [0, 0.05) is 25.2 Å². The Hall–Kier alpha value is -3.78. The smallest absolute Gasteiger partial charge is 0.262 e. The predicted molar refractivity (Wildman–Crippen MR) is 123 cm³/mol. The first-order valence-electron chi connectivity index (χ1n) is 10.6. The fourth-order valence-electron chi connectivity index (χ4n) is 3.78. The number of methoxy groups -OCH3 is 2. The number of nitrogens with zero attached hydrogens (tertiary/aromatic N) is 1. The van der Waals surface area contributed by atoms with Crippen LogP contribution in [-0.2, 0) is 24.3 Å². The lowest BCUT2D eigenvalue weighted by Crippen LogP contribution is -2.30. The maximum atomic E-state index is 12.5. The van der Waals surface area contributed by atoms with Gasteiger partial charge in [-0.15, -0.1) is 0 Å². The zero-order valence-corrected chi connectivity index (χ0v) is 18.6. The molecule has 0 radical (unpaired) electrons. The minimum absolute atomic E-state index is 0.0181. The van der Waals surface area contributed by atoms with Gasteiger partial charge in [0.2, 0.25) is 11.2 Å². The van der Waals surface area contributed by atoms with Gasteiger partial charge in [-0.25, -0.2) is 0 Å². The van der Waals surface area contributed by atoms with E-state index in [1.165, 1.54) is 37.7 Å². The maximum Gasteiger partial charge on any atom is 0.262 e. The van der Waals surface area contributed by atoms with Crippen LogP contribution in [-0.4, -0.2) is 38.2 Å². The summed E-state index contributed by atoms with van der Waals surface area (Å²) in [5, 5.41) is 2.69. The molecule has 3 aromatic rings. The molecule has 0 unspecified atom stereocenters. The van der Waals surface area contributed by atoms with Gasteiger partial charge in [-0.05, 0) is 29.7 Å². The van der Waals surface area contributed by atoms with Crippen molar-refractivity contribution in [2.75, 3.05) is 32.7 Å². The van der Waals surface area contributed by atoms with Crippen LogP contribution in [0.15, 0.2) is 64.0 Å². The van der Waals surface area contributed by atoms with E-state index >= 15 is 0 Å². The fourth-order valence-corrected chi connectivity index (χ4v) is 3.78. The molecule has 1 aliphatic rings. The SMILES string of the molecule is COc1ccc(OC)c(NC(=O)COc2coc(CN3CCc4ccccc4C3)cc2=O)c1. The molecule has 2 heterocycles. The van der Waals surface area contributed by atoms with Crippen molar-refractivity contribution in [3.63, 3.8) is 0 Å². The molecule has 0 fully saturated rings. The summed E-state index contributed by atoms with van der Waals surface area (Å²) < 4.78 is 21.4. The lowest BCUT2D eigenvalue weighted by molar-refractivity contribution is -0.118. The summed E-state index contributed by atoms with van der Waals surface area (Å²) >= 11 is 0. The first-order chi connectivity index (χ1) is 16.1. The monoisotopic (exact) mass is 450 g/mol. The van der Waals surface area contributed by atoms with Gasteiger partial charge in [-0.1, -0.05) is 24.3 Å². The second-order valence-electron chi connectivity index (χ2n) is 7.71. The van der Waals surface area contributed by atoms with Crippen LogP contribution < -0.4 is 25.0 Å². The summed E-state index contributed by atoms with van der Waals surface area (Å²) in [6.45, 7) is 1.88. The Kier molecular flexibility index (Phi) is 6.95. The molecule has 0 atom stereocenters. The van der Waals surface area contributed by atoms with Crippen molar-refractivity contribution in [3.05, 3.63) is 81.9 Å². The van der Waals surface area contributed by atoms with Crippen molar-refractivity contribution < 1.29 is 23.4 Å². The zero-order valence-electron chi connectivity index (χ0n) is 18.6. The van der Waals surface area contributed by atoms with E-state index in [4.69, 9.17) is 18.6 Å². The summed E-state index contributed by atoms with van der Waals surface area (Å²) in [4.78, 5) is 27.0. The highest BCUT2D eigenvalue weighted by Crippen LogP contribution is 2.28. The van der Waals surface area contributed by atoms with Gasteiger partial charge < -0.3 is 23.9 Å². The molecule has 0 aliphatic carbocycles. The van der Waals surface area contributed by atoms with Gasteiger partial charge in [-0.3, -0.25) is 14.5 Å². The van der Waals surface area contributed by atoms with E-state index in [9.17, 15) is 9.59 Å². The minimum Gasteiger partial charge on any atom is -0.497 e. The quantitative estimate of drug-likeness (QED) is 0.564. The van der Waals surface area contributed by atoms with E-state index in [2.05, 4.69) is 28.4 Å². The third-order valence-corrected chi connectivity index (χ3v) is 5.48. The van der Waals surface area contributed by atoms with E-state index < -0.39 is 5.91 Å². The number of anilines is 1. The van der Waals surface area contributed by atoms with Crippen molar-refractivity contribution in [2.45, 2.75) is 19.5 Å². The highest BCUT2D eigenvalue weighted by Gasteiger charge is 2.17. The standard InChI is InChI=1S/C25H26N2O6/c1-30-19-7-8-23(31-2)21(11-19)26-25(29)16-33-24-15-32-20(12-22(24)28)14-27-10-9-17-5-3-4-6-18(17)13-27/h3-8,11-12,15H,9-10,13-14,16H2,1-2H3,(H,26,29). The number of hydrogen-bond donors (Lipinski definition) is 1. The molecule has 1 N–H and O–H groups in total.